The van der Waals surface area contributed by atoms with Crippen molar-refractivity contribution in [1.29, 1.82) is 0 Å². The molecule has 33 heavy (non-hydrogen) atoms. The first-order valence-electron chi connectivity index (χ1n) is 10.0. The van der Waals surface area contributed by atoms with Crippen LogP contribution in [0.3, 0.4) is 0 Å². The predicted molar refractivity (Wildman–Crippen MR) is 133 cm³/mol. The van der Waals surface area contributed by atoms with Gasteiger partial charge < -0.3 is 4.74 Å². The van der Waals surface area contributed by atoms with Crippen LogP contribution < -0.4 is 4.74 Å². The van der Waals surface area contributed by atoms with E-state index in [4.69, 9.17) is 39.5 Å². The van der Waals surface area contributed by atoms with Gasteiger partial charge in [0.15, 0.2) is 0 Å². The number of benzene rings is 3. The van der Waals surface area contributed by atoms with Gasteiger partial charge in [0.05, 0.1) is 18.7 Å². The highest BCUT2D eigenvalue weighted by molar-refractivity contribution is 9.10. The highest BCUT2D eigenvalue weighted by atomic mass is 79.9. The molecule has 4 nitrogen and oxygen atoms in total. The Balaban J connectivity index is 1.70. The fraction of sp³-hybridized carbons (Fsp3) is 0.167. The van der Waals surface area contributed by atoms with Gasteiger partial charge in [-0.25, -0.2) is 14.4 Å². The van der Waals surface area contributed by atoms with Crippen LogP contribution >= 0.6 is 50.7 Å². The minimum Gasteiger partial charge on any atom is -0.497 e. The zero-order valence-corrected chi connectivity index (χ0v) is 21.1. The van der Waals surface area contributed by atoms with Gasteiger partial charge in [-0.15, -0.1) is 0 Å². The van der Waals surface area contributed by atoms with Crippen molar-refractivity contribution in [2.45, 2.75) is 19.1 Å². The van der Waals surface area contributed by atoms with Crippen molar-refractivity contribution in [2.75, 3.05) is 7.11 Å². The molecule has 0 aliphatic carbocycles. The maximum atomic E-state index is 14.3. The number of hydrogen-bond donors (Lipinski definition) is 0. The van der Waals surface area contributed by atoms with Gasteiger partial charge in [0.25, 0.3) is 0 Å². The molecular weight excluding hydrogens is 552 g/mol. The molecule has 0 bridgehead atoms. The van der Waals surface area contributed by atoms with E-state index >= 15 is 0 Å². The second-order valence-electron chi connectivity index (χ2n) is 7.75. The van der Waals surface area contributed by atoms with Crippen LogP contribution in [0.4, 0.5) is 4.39 Å². The first-order chi connectivity index (χ1) is 15.9. The number of rotatable bonds is 4. The lowest BCUT2D eigenvalue weighted by molar-refractivity contribution is 0.234. The lowest BCUT2D eigenvalue weighted by Crippen LogP contribution is -2.23. The molecular formula is C24H16BrCl3FN3O. The van der Waals surface area contributed by atoms with Crippen molar-refractivity contribution < 1.29 is 9.13 Å². The Morgan fingerprint density at radius 3 is 2.58 bits per heavy atom. The summed E-state index contributed by atoms with van der Waals surface area (Å²) in [4.78, 5) is 10.8. The molecule has 0 fully saturated rings. The summed E-state index contributed by atoms with van der Waals surface area (Å²) in [6.45, 7) is 1.13. The second kappa shape index (κ2) is 9.01. The van der Waals surface area contributed by atoms with E-state index in [0.29, 0.717) is 34.6 Å². The van der Waals surface area contributed by atoms with Crippen LogP contribution in [0.5, 0.6) is 5.75 Å². The van der Waals surface area contributed by atoms with Crippen molar-refractivity contribution in [1.82, 2.24) is 14.9 Å². The smallest absolute Gasteiger partial charge is 0.224 e. The predicted octanol–water partition coefficient (Wildman–Crippen LogP) is 7.61. The lowest BCUT2D eigenvalue weighted by atomic mass is 9.96. The first kappa shape index (κ1) is 22.8. The van der Waals surface area contributed by atoms with Gasteiger partial charge in [0, 0.05) is 28.0 Å². The summed E-state index contributed by atoms with van der Waals surface area (Å²) in [7, 11) is 1.63. The second-order valence-corrected chi connectivity index (χ2v) is 9.71. The van der Waals surface area contributed by atoms with Gasteiger partial charge in [-0.3, -0.25) is 4.90 Å². The number of methoxy groups -OCH3 is 1. The highest BCUT2D eigenvalue weighted by Gasteiger charge is 2.37. The van der Waals surface area contributed by atoms with E-state index in [1.165, 1.54) is 12.1 Å². The van der Waals surface area contributed by atoms with Gasteiger partial charge in [-0.05, 0) is 70.3 Å². The third-order valence-electron chi connectivity index (χ3n) is 5.81. The minimum absolute atomic E-state index is 0.0750. The maximum absolute atomic E-state index is 14.3. The summed E-state index contributed by atoms with van der Waals surface area (Å²) in [5.41, 5.74) is 4.33. The molecule has 3 aromatic carbocycles. The van der Waals surface area contributed by atoms with Gasteiger partial charge in [0.1, 0.15) is 16.7 Å². The Kier molecular flexibility index (Phi) is 6.23. The van der Waals surface area contributed by atoms with Crippen molar-refractivity contribution in [3.8, 4) is 5.75 Å². The Morgan fingerprint density at radius 1 is 1.09 bits per heavy atom. The molecule has 0 amide bonds. The summed E-state index contributed by atoms with van der Waals surface area (Å²) in [6, 6.07) is 13.9. The number of hydrogen-bond acceptors (Lipinski definition) is 4. The van der Waals surface area contributed by atoms with Crippen LogP contribution in [-0.2, 0) is 13.1 Å². The molecule has 168 valence electrons. The summed E-state index contributed by atoms with van der Waals surface area (Å²) in [5.74, 6) is 0.431. The standard InChI is InChI=1S/C24H16BrCl3FN3O/c1-33-14-5-2-12(3-6-14)10-32-11-17-20(22(32)15-8-13(29)4-7-19(15)26)18(25)9-16-21(17)30-24(28)31-23(16)27/h2-9,22H,10-11H2,1H3. The molecule has 0 saturated heterocycles. The molecule has 9 heteroatoms. The average molecular weight is 568 g/mol. The SMILES string of the molecule is COc1ccc(CN2Cc3c(c(Br)cc4c(Cl)nc(Cl)nc34)C2c2cc(F)ccc2Cl)cc1. The minimum atomic E-state index is -0.349. The zero-order chi connectivity index (χ0) is 23.3. The number of nitrogens with zero attached hydrogens (tertiary/aromatic N) is 3. The van der Waals surface area contributed by atoms with Crippen LogP contribution in [0.15, 0.2) is 53.0 Å². The van der Waals surface area contributed by atoms with E-state index in [1.807, 2.05) is 30.3 Å². The number of halogens is 5. The average Bonchev–Trinajstić information content (AvgIpc) is 3.16. The fourth-order valence-electron chi connectivity index (χ4n) is 4.37. The third-order valence-corrected chi connectivity index (χ3v) is 7.27. The van der Waals surface area contributed by atoms with E-state index < -0.39 is 0 Å². The summed E-state index contributed by atoms with van der Waals surface area (Å²) >= 11 is 22.8. The molecule has 0 N–H and O–H groups in total. The van der Waals surface area contributed by atoms with Crippen molar-refractivity contribution in [3.63, 3.8) is 0 Å². The molecule has 5 rings (SSSR count). The third kappa shape index (κ3) is 4.19. The van der Waals surface area contributed by atoms with Gasteiger partial charge >= 0.3 is 0 Å². The Morgan fingerprint density at radius 2 is 1.85 bits per heavy atom. The summed E-state index contributed by atoms with van der Waals surface area (Å²) < 4.78 is 20.4. The molecule has 1 aliphatic rings. The molecule has 1 unspecified atom stereocenters. The molecule has 2 heterocycles. The van der Waals surface area contributed by atoms with Crippen LogP contribution in [-0.4, -0.2) is 22.0 Å². The number of aromatic nitrogens is 2. The Labute approximate surface area is 213 Å². The van der Waals surface area contributed by atoms with Crippen molar-refractivity contribution in [3.05, 3.63) is 96.5 Å². The monoisotopic (exact) mass is 565 g/mol. The van der Waals surface area contributed by atoms with Crippen LogP contribution in [0.25, 0.3) is 10.9 Å². The topological polar surface area (TPSA) is 38.2 Å². The molecule has 0 spiro atoms. The summed E-state index contributed by atoms with van der Waals surface area (Å²) in [6.07, 6.45) is 0. The van der Waals surface area contributed by atoms with Crippen LogP contribution in [0.2, 0.25) is 15.5 Å². The quantitative estimate of drug-likeness (QED) is 0.188. The highest BCUT2D eigenvalue weighted by Crippen LogP contribution is 2.48. The zero-order valence-electron chi connectivity index (χ0n) is 17.3. The fourth-order valence-corrected chi connectivity index (χ4v) is 5.71. The molecule has 1 aliphatic heterocycles. The van der Waals surface area contributed by atoms with Gasteiger partial charge in [-0.2, -0.15) is 0 Å². The van der Waals surface area contributed by atoms with Crippen molar-refractivity contribution in [2.24, 2.45) is 0 Å². The molecule has 0 radical (unpaired) electrons. The van der Waals surface area contributed by atoms with Crippen LogP contribution in [0, 0.1) is 5.82 Å². The van der Waals surface area contributed by atoms with E-state index in [2.05, 4.69) is 30.8 Å². The molecule has 4 aromatic rings. The lowest BCUT2D eigenvalue weighted by Gasteiger charge is -2.27. The molecule has 1 atom stereocenters. The van der Waals surface area contributed by atoms with E-state index in [1.54, 1.807) is 13.2 Å². The number of fused-ring (bicyclic) bond motifs is 3. The Hall–Kier alpha value is -1.96. The molecule has 1 aromatic heterocycles. The van der Waals surface area contributed by atoms with Gasteiger partial charge in [0.2, 0.25) is 5.28 Å². The normalized spacial score (nSPS) is 15.8. The van der Waals surface area contributed by atoms with Gasteiger partial charge in [-0.1, -0.05) is 51.3 Å². The number of ether oxygens (including phenoxy) is 1. The maximum Gasteiger partial charge on any atom is 0.224 e. The van der Waals surface area contributed by atoms with E-state index in [9.17, 15) is 4.39 Å². The first-order valence-corrected chi connectivity index (χ1v) is 11.9. The Bertz CT molecular complexity index is 1380. The summed E-state index contributed by atoms with van der Waals surface area (Å²) in [5, 5.41) is 1.54. The van der Waals surface area contributed by atoms with Crippen molar-refractivity contribution >= 4 is 61.6 Å². The van der Waals surface area contributed by atoms with E-state index in [-0.39, 0.29) is 22.3 Å². The largest absolute Gasteiger partial charge is 0.497 e. The van der Waals surface area contributed by atoms with Crippen LogP contribution in [0.1, 0.15) is 28.3 Å². The molecule has 0 saturated carbocycles. The van der Waals surface area contributed by atoms with E-state index in [0.717, 1.165) is 26.9 Å².